The topological polar surface area (TPSA) is 115 Å². The van der Waals surface area contributed by atoms with E-state index in [1.165, 1.54) is 0 Å². The van der Waals surface area contributed by atoms with Crippen LogP contribution in [0.4, 0.5) is 0 Å². The number of hydrogen-bond acceptors (Lipinski definition) is 6. The summed E-state index contributed by atoms with van der Waals surface area (Å²) in [6, 6.07) is 0. The summed E-state index contributed by atoms with van der Waals surface area (Å²) in [5.41, 5.74) is -1.34. The van der Waals surface area contributed by atoms with Gasteiger partial charge in [0.15, 0.2) is 0 Å². The number of ketones is 1. The van der Waals surface area contributed by atoms with Gasteiger partial charge in [0, 0.05) is 6.42 Å². The third kappa shape index (κ3) is 3.01. The highest BCUT2D eigenvalue weighted by molar-refractivity contribution is 7.87. The fourth-order valence-electron chi connectivity index (χ4n) is 3.72. The molecule has 0 aliphatic heterocycles. The monoisotopic (exact) mass is 340 g/mol. The van der Waals surface area contributed by atoms with Gasteiger partial charge in [0.2, 0.25) is 0 Å². The Morgan fingerprint density at radius 1 is 1.29 bits per heavy atom. The minimum Gasteiger partial charge on any atom is -0.299 e. The largest absolute Gasteiger partial charge is 0.299 e. The number of carbonyl (C=O) groups excluding carboxylic acids is 1. The van der Waals surface area contributed by atoms with Crippen molar-refractivity contribution in [1.29, 1.82) is 0 Å². The zero-order valence-electron chi connectivity index (χ0n) is 12.0. The van der Waals surface area contributed by atoms with Crippen LogP contribution in [0.1, 0.15) is 33.1 Å². The van der Waals surface area contributed by atoms with E-state index in [1.807, 2.05) is 13.8 Å². The summed E-state index contributed by atoms with van der Waals surface area (Å²) in [4.78, 5) is 12.2. The van der Waals surface area contributed by atoms with E-state index >= 15 is 0 Å². The van der Waals surface area contributed by atoms with Crippen LogP contribution in [0.2, 0.25) is 0 Å². The van der Waals surface area contributed by atoms with E-state index in [1.54, 1.807) is 0 Å². The number of Topliss-reactive ketones (excluding diaryl/α,β-unsaturated/α-hetero) is 1. The van der Waals surface area contributed by atoms with Crippen LogP contribution in [-0.2, 0) is 29.2 Å². The highest BCUT2D eigenvalue weighted by atomic mass is 32.2. The van der Waals surface area contributed by atoms with Crippen molar-refractivity contribution in [1.82, 2.24) is 0 Å². The van der Waals surface area contributed by atoms with Crippen LogP contribution in [0, 0.1) is 16.7 Å². The highest BCUT2D eigenvalue weighted by Gasteiger charge is 2.65. The van der Waals surface area contributed by atoms with Crippen molar-refractivity contribution >= 4 is 26.0 Å². The summed E-state index contributed by atoms with van der Waals surface area (Å²) >= 11 is 0. The van der Waals surface area contributed by atoms with Crippen LogP contribution in [0.15, 0.2) is 0 Å². The fourth-order valence-corrected chi connectivity index (χ4v) is 5.82. The molecular formula is C12H20O7S2. The maximum absolute atomic E-state index is 12.2. The van der Waals surface area contributed by atoms with E-state index in [9.17, 15) is 21.6 Å². The Labute approximate surface area is 124 Å². The van der Waals surface area contributed by atoms with Crippen LogP contribution in [0.3, 0.4) is 0 Å². The number of fused-ring (bicyclic) bond motifs is 2. The summed E-state index contributed by atoms with van der Waals surface area (Å²) < 4.78 is 58.4. The first-order valence-electron chi connectivity index (χ1n) is 6.75. The van der Waals surface area contributed by atoms with E-state index in [0.717, 1.165) is 6.42 Å². The molecule has 0 aromatic carbocycles. The maximum atomic E-state index is 12.2. The smallest absolute Gasteiger partial charge is 0.268 e. The molecule has 0 spiro atoms. The number of rotatable bonds is 6. The highest BCUT2D eigenvalue weighted by Crippen LogP contribution is 2.64. The van der Waals surface area contributed by atoms with E-state index in [0.29, 0.717) is 12.8 Å². The molecule has 0 amide bonds. The van der Waals surface area contributed by atoms with Gasteiger partial charge in [0.05, 0.1) is 17.8 Å². The molecule has 9 heteroatoms. The molecule has 1 N–H and O–H groups in total. The van der Waals surface area contributed by atoms with Crippen molar-refractivity contribution in [3.05, 3.63) is 0 Å². The molecule has 0 aromatic heterocycles. The lowest BCUT2D eigenvalue weighted by Crippen LogP contribution is -2.42. The van der Waals surface area contributed by atoms with Crippen molar-refractivity contribution in [3.63, 3.8) is 0 Å². The Morgan fingerprint density at radius 2 is 1.90 bits per heavy atom. The Kier molecular flexibility index (Phi) is 4.02. The first-order valence-corrected chi connectivity index (χ1v) is 9.94. The molecule has 7 nitrogen and oxygen atoms in total. The summed E-state index contributed by atoms with van der Waals surface area (Å²) in [7, 11) is -8.31. The van der Waals surface area contributed by atoms with Gasteiger partial charge < -0.3 is 0 Å². The predicted octanol–water partition coefficient (Wildman–Crippen LogP) is 0.616. The van der Waals surface area contributed by atoms with Crippen LogP contribution >= 0.6 is 0 Å². The average molecular weight is 340 g/mol. The Morgan fingerprint density at radius 3 is 2.33 bits per heavy atom. The van der Waals surface area contributed by atoms with Crippen molar-refractivity contribution < 1.29 is 30.4 Å². The Hall–Kier alpha value is -0.510. The van der Waals surface area contributed by atoms with Gasteiger partial charge in [-0.3, -0.25) is 13.5 Å². The molecule has 122 valence electrons. The van der Waals surface area contributed by atoms with Crippen LogP contribution in [-0.4, -0.2) is 45.3 Å². The lowest BCUT2D eigenvalue weighted by molar-refractivity contribution is -0.128. The molecule has 0 heterocycles. The van der Waals surface area contributed by atoms with Crippen molar-refractivity contribution in [2.45, 2.75) is 33.1 Å². The zero-order chi connectivity index (χ0) is 16.1. The van der Waals surface area contributed by atoms with Gasteiger partial charge in [-0.15, -0.1) is 0 Å². The van der Waals surface area contributed by atoms with Gasteiger partial charge in [-0.1, -0.05) is 13.8 Å². The van der Waals surface area contributed by atoms with Crippen molar-refractivity contribution in [2.75, 3.05) is 18.1 Å². The molecule has 2 fully saturated rings. The predicted molar refractivity (Wildman–Crippen MR) is 74.7 cm³/mol. The number of carbonyl (C=O) groups is 1. The quantitative estimate of drug-likeness (QED) is 0.556. The molecule has 0 saturated heterocycles. The molecule has 2 aliphatic carbocycles. The van der Waals surface area contributed by atoms with Gasteiger partial charge in [0.25, 0.3) is 20.2 Å². The van der Waals surface area contributed by atoms with Crippen LogP contribution in [0.25, 0.3) is 0 Å². The molecule has 2 saturated carbocycles. The summed E-state index contributed by atoms with van der Waals surface area (Å²) in [6.07, 6.45) is 1.73. The minimum absolute atomic E-state index is 0.0503. The van der Waals surface area contributed by atoms with E-state index < -0.39 is 49.2 Å². The second-order valence-electron chi connectivity index (χ2n) is 6.48. The first-order chi connectivity index (χ1) is 9.40. The molecular weight excluding hydrogens is 320 g/mol. The fraction of sp³-hybridized carbons (Fsp3) is 0.917. The van der Waals surface area contributed by atoms with Crippen LogP contribution < -0.4 is 0 Å². The second-order valence-corrected chi connectivity index (χ2v) is 9.69. The standard InChI is InChI=1S/C12H20O7S2/c1-11(2)9-3-4-12(11,10(13)7-9)8-21(17,18)19-5-6-20(14,15)16/h9H,3-8H2,1-2H3,(H,14,15,16). The molecule has 2 aliphatic rings. The summed E-state index contributed by atoms with van der Waals surface area (Å²) in [5, 5.41) is 0. The Bertz CT molecular complexity index is 647. The molecule has 0 radical (unpaired) electrons. The first kappa shape index (κ1) is 16.9. The molecule has 21 heavy (non-hydrogen) atoms. The third-order valence-corrected chi connectivity index (χ3v) is 7.22. The molecule has 2 bridgehead atoms. The molecule has 2 atom stereocenters. The lowest BCUT2D eigenvalue weighted by atomic mass is 9.70. The summed E-state index contributed by atoms with van der Waals surface area (Å²) in [5.74, 6) is -1.07. The van der Waals surface area contributed by atoms with Gasteiger partial charge >= 0.3 is 0 Å². The molecule has 2 unspecified atom stereocenters. The van der Waals surface area contributed by atoms with E-state index in [4.69, 9.17) is 4.55 Å². The number of hydrogen-bond donors (Lipinski definition) is 1. The van der Waals surface area contributed by atoms with Gasteiger partial charge in [0.1, 0.15) is 11.5 Å². The average Bonchev–Trinajstić information content (AvgIpc) is 2.59. The van der Waals surface area contributed by atoms with Crippen molar-refractivity contribution in [2.24, 2.45) is 16.7 Å². The minimum atomic E-state index is -4.28. The Balaban J connectivity index is 2.11. The van der Waals surface area contributed by atoms with Gasteiger partial charge in [-0.2, -0.15) is 16.8 Å². The third-order valence-electron chi connectivity index (χ3n) is 5.17. The molecule has 0 aromatic rings. The molecule has 2 rings (SSSR count). The summed E-state index contributed by atoms with van der Waals surface area (Å²) in [6.45, 7) is 3.17. The van der Waals surface area contributed by atoms with Gasteiger partial charge in [-0.25, -0.2) is 0 Å². The normalized spacial score (nSPS) is 31.8. The van der Waals surface area contributed by atoms with E-state index in [2.05, 4.69) is 4.18 Å². The maximum Gasteiger partial charge on any atom is 0.268 e. The van der Waals surface area contributed by atoms with Crippen molar-refractivity contribution in [3.8, 4) is 0 Å². The SMILES string of the molecule is CC1(C)C2CCC1(CS(=O)(=O)OCCS(=O)(=O)O)C(=O)C2. The zero-order valence-corrected chi connectivity index (χ0v) is 13.7. The van der Waals surface area contributed by atoms with E-state index in [-0.39, 0.29) is 11.7 Å². The lowest BCUT2D eigenvalue weighted by Gasteiger charge is -2.35. The van der Waals surface area contributed by atoms with Gasteiger partial charge in [-0.05, 0) is 24.2 Å². The van der Waals surface area contributed by atoms with Crippen LogP contribution in [0.5, 0.6) is 0 Å². The second kappa shape index (κ2) is 5.00.